The highest BCUT2D eigenvalue weighted by atomic mass is 31.2. The molecular formula is C40H80NO6P. The molecule has 0 aliphatic carbocycles. The molecule has 0 fully saturated rings. The average Bonchev–Trinajstić information content (AvgIpc) is 3.02. The minimum absolute atomic E-state index is 0.0137. The summed E-state index contributed by atoms with van der Waals surface area (Å²) in [6.45, 7) is 4.72. The average molecular weight is 702 g/mol. The lowest BCUT2D eigenvalue weighted by atomic mass is 9.92. The van der Waals surface area contributed by atoms with E-state index in [1.165, 1.54) is 128 Å². The highest BCUT2D eigenvalue weighted by Crippen LogP contribution is 2.39. The number of unbranched alkanes of at least 4 members (excludes halogenated alkanes) is 24. The van der Waals surface area contributed by atoms with Crippen LogP contribution in [-0.2, 0) is 23.2 Å². The number of hydrogen-bond acceptors (Lipinski definition) is 6. The molecule has 0 aromatic carbocycles. The Morgan fingerprint density at radius 2 is 0.917 bits per heavy atom. The van der Waals surface area contributed by atoms with Crippen LogP contribution in [0.25, 0.3) is 0 Å². The van der Waals surface area contributed by atoms with E-state index in [1.807, 2.05) is 21.1 Å². The zero-order valence-electron chi connectivity index (χ0n) is 32.5. The third-order valence-corrected chi connectivity index (χ3v) is 10.4. The molecule has 0 aromatic rings. The predicted molar refractivity (Wildman–Crippen MR) is 201 cm³/mol. The van der Waals surface area contributed by atoms with Crippen molar-refractivity contribution in [1.82, 2.24) is 0 Å². The molecule has 7 nitrogen and oxygen atoms in total. The smallest absolute Gasteiger partial charge is 0.268 e. The molecule has 0 saturated heterocycles. The highest BCUT2D eigenvalue weighted by molar-refractivity contribution is 7.45. The van der Waals surface area contributed by atoms with Crippen LogP contribution in [0.2, 0.25) is 0 Å². The fraction of sp³-hybridized carbons (Fsp3) is 0.950. The van der Waals surface area contributed by atoms with E-state index in [1.54, 1.807) is 0 Å². The van der Waals surface area contributed by atoms with Crippen LogP contribution in [-0.4, -0.2) is 57.0 Å². The first-order chi connectivity index (χ1) is 23.0. The van der Waals surface area contributed by atoms with Crippen molar-refractivity contribution in [1.29, 1.82) is 0 Å². The number of rotatable bonds is 38. The Balaban J connectivity index is 4.42. The van der Waals surface area contributed by atoms with E-state index in [4.69, 9.17) is 9.05 Å². The van der Waals surface area contributed by atoms with Crippen molar-refractivity contribution in [2.24, 2.45) is 5.92 Å². The quantitative estimate of drug-likeness (QED) is 0.0361. The molecule has 0 saturated carbocycles. The number of phosphoric acid groups is 1. The van der Waals surface area contributed by atoms with E-state index in [0.29, 0.717) is 23.9 Å². The van der Waals surface area contributed by atoms with Gasteiger partial charge in [-0.25, -0.2) is 0 Å². The fourth-order valence-electron chi connectivity index (χ4n) is 6.15. The number of carbonyl (C=O) groups is 2. The first-order valence-electron chi connectivity index (χ1n) is 20.5. The van der Waals surface area contributed by atoms with Crippen molar-refractivity contribution >= 4 is 19.4 Å². The van der Waals surface area contributed by atoms with E-state index in [2.05, 4.69) is 13.8 Å². The van der Waals surface area contributed by atoms with E-state index >= 15 is 0 Å². The van der Waals surface area contributed by atoms with Crippen LogP contribution in [0, 0.1) is 5.92 Å². The van der Waals surface area contributed by atoms with Crippen molar-refractivity contribution in [3.63, 3.8) is 0 Å². The van der Waals surface area contributed by atoms with Gasteiger partial charge >= 0.3 is 0 Å². The van der Waals surface area contributed by atoms with Crippen LogP contribution >= 0.6 is 7.82 Å². The van der Waals surface area contributed by atoms with Gasteiger partial charge in [0.1, 0.15) is 24.7 Å². The number of hydrogen-bond donors (Lipinski definition) is 0. The Labute approximate surface area is 298 Å². The van der Waals surface area contributed by atoms with Crippen molar-refractivity contribution in [2.45, 2.75) is 200 Å². The summed E-state index contributed by atoms with van der Waals surface area (Å²) in [5.41, 5.74) is 0. The van der Waals surface area contributed by atoms with Crippen molar-refractivity contribution in [3.8, 4) is 0 Å². The molecule has 286 valence electrons. The van der Waals surface area contributed by atoms with Gasteiger partial charge in [0.15, 0.2) is 0 Å². The second-order valence-electron chi connectivity index (χ2n) is 15.5. The minimum Gasteiger partial charge on any atom is -0.756 e. The van der Waals surface area contributed by atoms with Gasteiger partial charge in [-0.05, 0) is 12.8 Å². The van der Waals surface area contributed by atoms with E-state index < -0.39 is 13.7 Å². The Hall–Kier alpha value is -0.590. The van der Waals surface area contributed by atoms with Crippen LogP contribution in [0.4, 0.5) is 0 Å². The predicted octanol–water partition coefficient (Wildman–Crippen LogP) is 11.3. The Kier molecular flexibility index (Phi) is 31.9. The molecule has 0 aliphatic heterocycles. The molecule has 0 N–H and O–H groups in total. The fourth-order valence-corrected chi connectivity index (χ4v) is 6.89. The topological polar surface area (TPSA) is 92.7 Å². The van der Waals surface area contributed by atoms with Gasteiger partial charge in [-0.3, -0.25) is 14.2 Å². The van der Waals surface area contributed by atoms with Gasteiger partial charge in [-0.15, -0.1) is 0 Å². The number of nitrogens with zero attached hydrogens (tertiary/aromatic N) is 1. The summed E-state index contributed by atoms with van der Waals surface area (Å²) in [4.78, 5) is 38.4. The number of Topliss-reactive ketones (excluding diaryl/α,β-unsaturated/α-hetero) is 2. The summed E-state index contributed by atoms with van der Waals surface area (Å²) < 4.78 is 23.2. The summed E-state index contributed by atoms with van der Waals surface area (Å²) in [6, 6.07) is 0. The lowest BCUT2D eigenvalue weighted by molar-refractivity contribution is -0.870. The molecule has 0 spiro atoms. The lowest BCUT2D eigenvalue weighted by Gasteiger charge is -2.28. The second-order valence-corrected chi connectivity index (χ2v) is 16.9. The number of quaternary nitrogens is 1. The Morgan fingerprint density at radius 1 is 0.562 bits per heavy atom. The van der Waals surface area contributed by atoms with Gasteiger partial charge in [-0.1, -0.05) is 168 Å². The molecule has 0 aliphatic rings. The van der Waals surface area contributed by atoms with E-state index in [-0.39, 0.29) is 31.2 Å². The standard InChI is InChI=1S/C40H80NO6P/c1-6-8-10-12-14-16-18-20-22-24-26-28-30-32-39(42)36-38(37-47-48(44,45)46-35-34-41(3,4)5)40(43)33-31-29-27-25-23-21-19-17-15-13-11-9-7-2/h38H,6-37H2,1-5H3/t38-/m0/s1. The zero-order valence-corrected chi connectivity index (χ0v) is 33.4. The molecule has 2 atom stereocenters. The van der Waals surface area contributed by atoms with Gasteiger partial charge in [0.25, 0.3) is 7.82 Å². The maximum absolute atomic E-state index is 13.2. The van der Waals surface area contributed by atoms with Gasteiger partial charge in [0.2, 0.25) is 0 Å². The molecule has 0 bridgehead atoms. The van der Waals surface area contributed by atoms with Crippen LogP contribution < -0.4 is 4.89 Å². The second kappa shape index (κ2) is 32.3. The summed E-state index contributed by atoms with van der Waals surface area (Å²) in [5, 5.41) is 0. The molecule has 0 heterocycles. The molecule has 0 rings (SSSR count). The van der Waals surface area contributed by atoms with Crippen LogP contribution in [0.1, 0.15) is 200 Å². The van der Waals surface area contributed by atoms with Crippen molar-refractivity contribution < 1.29 is 32.6 Å². The summed E-state index contributed by atoms with van der Waals surface area (Å²) in [5.74, 6) is -0.777. The largest absolute Gasteiger partial charge is 0.756 e. The molecule has 0 radical (unpaired) electrons. The molecule has 48 heavy (non-hydrogen) atoms. The third kappa shape index (κ3) is 33.9. The van der Waals surface area contributed by atoms with Gasteiger partial charge < -0.3 is 18.4 Å². The molecule has 0 amide bonds. The lowest BCUT2D eigenvalue weighted by Crippen LogP contribution is -2.37. The Bertz CT molecular complexity index is 799. The maximum Gasteiger partial charge on any atom is 0.268 e. The van der Waals surface area contributed by atoms with Gasteiger partial charge in [0.05, 0.1) is 27.7 Å². The first kappa shape index (κ1) is 47.4. The van der Waals surface area contributed by atoms with Crippen molar-refractivity contribution in [2.75, 3.05) is 40.9 Å². The highest BCUT2D eigenvalue weighted by Gasteiger charge is 2.24. The Morgan fingerprint density at radius 3 is 1.29 bits per heavy atom. The maximum atomic E-state index is 13.2. The molecule has 8 heteroatoms. The number of phosphoric ester groups is 1. The molecular weight excluding hydrogens is 621 g/mol. The summed E-state index contributed by atoms with van der Waals surface area (Å²) in [7, 11) is 1.31. The molecule has 1 unspecified atom stereocenters. The normalized spacial score (nSPS) is 13.9. The van der Waals surface area contributed by atoms with Crippen LogP contribution in [0.5, 0.6) is 0 Å². The number of carbonyl (C=O) groups excluding carboxylic acids is 2. The van der Waals surface area contributed by atoms with E-state index in [0.717, 1.165) is 38.5 Å². The van der Waals surface area contributed by atoms with E-state index in [9.17, 15) is 19.0 Å². The van der Waals surface area contributed by atoms with Gasteiger partial charge in [-0.2, -0.15) is 0 Å². The van der Waals surface area contributed by atoms with Gasteiger partial charge in [0, 0.05) is 25.2 Å². The van der Waals surface area contributed by atoms with Crippen LogP contribution in [0.3, 0.4) is 0 Å². The monoisotopic (exact) mass is 702 g/mol. The van der Waals surface area contributed by atoms with Crippen molar-refractivity contribution in [3.05, 3.63) is 0 Å². The zero-order chi connectivity index (χ0) is 35.8. The minimum atomic E-state index is -4.55. The third-order valence-electron chi connectivity index (χ3n) is 9.46. The number of ketones is 2. The number of likely N-dealkylation sites (N-methyl/N-ethyl adjacent to an activating group) is 1. The van der Waals surface area contributed by atoms with Crippen LogP contribution in [0.15, 0.2) is 0 Å². The SMILES string of the molecule is CCCCCCCCCCCCCCCC(=O)C[C@@H](COP(=O)([O-])OCC[N+](C)(C)C)C(=O)CCCCCCCCCCCCCCC. The molecule has 0 aromatic heterocycles. The summed E-state index contributed by atoms with van der Waals surface area (Å²) in [6.07, 6.45) is 33.1. The first-order valence-corrected chi connectivity index (χ1v) is 21.9. The summed E-state index contributed by atoms with van der Waals surface area (Å²) >= 11 is 0.